The average Bonchev–Trinajstić information content (AvgIpc) is 3.60. The van der Waals surface area contributed by atoms with Crippen molar-refractivity contribution in [2.45, 2.75) is 69.1 Å². The van der Waals surface area contributed by atoms with Crippen molar-refractivity contribution >= 4 is 23.7 Å². The van der Waals surface area contributed by atoms with Crippen LogP contribution in [0.4, 0.5) is 0 Å². The number of hydrogen-bond donors (Lipinski definition) is 4. The van der Waals surface area contributed by atoms with Crippen molar-refractivity contribution in [2.24, 2.45) is 0 Å². The second-order valence-corrected chi connectivity index (χ2v) is 9.30. The van der Waals surface area contributed by atoms with Crippen LogP contribution < -0.4 is 10.6 Å². The largest absolute Gasteiger partial charge is 0.508 e. The molecule has 3 aliphatic rings. The number of amides is 3. The summed E-state index contributed by atoms with van der Waals surface area (Å²) in [5.74, 6) is -1.84. The van der Waals surface area contributed by atoms with Crippen LogP contribution in [0.1, 0.15) is 44.1 Å². The Balaban J connectivity index is 1.52. The zero-order valence-electron chi connectivity index (χ0n) is 19.1. The first-order valence-corrected chi connectivity index (χ1v) is 12.0. The van der Waals surface area contributed by atoms with E-state index in [1.165, 1.54) is 21.9 Å². The zero-order chi connectivity index (χ0) is 24.2. The van der Waals surface area contributed by atoms with E-state index < -0.39 is 24.1 Å². The van der Waals surface area contributed by atoms with Crippen LogP contribution in [0.25, 0.3) is 0 Å². The maximum atomic E-state index is 13.7. The number of carbonyl (C=O) groups excluding carboxylic acids is 3. The van der Waals surface area contributed by atoms with E-state index in [2.05, 4.69) is 10.6 Å². The first-order valence-electron chi connectivity index (χ1n) is 12.0. The fraction of sp³-hybridized carbons (Fsp3) is 0.583. The van der Waals surface area contributed by atoms with Gasteiger partial charge in [0.15, 0.2) is 0 Å². The van der Waals surface area contributed by atoms with Crippen molar-refractivity contribution in [2.75, 3.05) is 19.6 Å². The summed E-state index contributed by atoms with van der Waals surface area (Å²) in [6, 6.07) is 3.64. The normalized spacial score (nSPS) is 25.4. The molecule has 4 atom stereocenters. The number of nitrogens with zero attached hydrogens (tertiary/aromatic N) is 2. The fourth-order valence-electron chi connectivity index (χ4n) is 5.21. The van der Waals surface area contributed by atoms with Gasteiger partial charge in [0, 0.05) is 19.5 Å². The third-order valence-electron chi connectivity index (χ3n) is 7.01. The number of carboxylic acid groups (broad SMARTS) is 1. The minimum absolute atomic E-state index is 0.106. The lowest BCUT2D eigenvalue weighted by molar-refractivity contribution is -0.152. The second-order valence-electron chi connectivity index (χ2n) is 9.30. The average molecular weight is 473 g/mol. The number of nitrogens with one attached hydrogen (secondary N) is 2. The molecule has 3 heterocycles. The monoisotopic (exact) mass is 472 g/mol. The number of hydrogen-bond acceptors (Lipinski definition) is 6. The molecule has 10 heteroatoms. The van der Waals surface area contributed by atoms with Crippen molar-refractivity contribution in [1.82, 2.24) is 20.4 Å². The fourth-order valence-corrected chi connectivity index (χ4v) is 5.21. The summed E-state index contributed by atoms with van der Waals surface area (Å²) in [7, 11) is 0. The van der Waals surface area contributed by atoms with E-state index in [0.29, 0.717) is 45.2 Å². The number of benzene rings is 1. The van der Waals surface area contributed by atoms with E-state index in [1.54, 1.807) is 12.1 Å². The molecular weight excluding hydrogens is 440 g/mol. The molecule has 0 aromatic heterocycles. The van der Waals surface area contributed by atoms with Gasteiger partial charge >= 0.3 is 5.97 Å². The molecule has 3 amide bonds. The maximum absolute atomic E-state index is 13.7. The molecule has 0 bridgehead atoms. The molecular formula is C24H32N4O6. The lowest BCUT2D eigenvalue weighted by atomic mass is 10.0. The van der Waals surface area contributed by atoms with Gasteiger partial charge in [0.1, 0.15) is 23.9 Å². The molecule has 0 spiro atoms. The molecule has 4 rings (SSSR count). The Morgan fingerprint density at radius 3 is 2.29 bits per heavy atom. The van der Waals surface area contributed by atoms with Gasteiger partial charge in [-0.2, -0.15) is 0 Å². The van der Waals surface area contributed by atoms with Gasteiger partial charge in [-0.15, -0.1) is 0 Å². The summed E-state index contributed by atoms with van der Waals surface area (Å²) in [5.41, 5.74) is 0.767. The molecule has 0 aliphatic carbocycles. The number of carbonyl (C=O) groups is 4. The summed E-state index contributed by atoms with van der Waals surface area (Å²) in [6.45, 7) is 1.50. The van der Waals surface area contributed by atoms with Crippen molar-refractivity contribution < 1.29 is 29.4 Å². The lowest BCUT2D eigenvalue weighted by Gasteiger charge is -2.32. The van der Waals surface area contributed by atoms with E-state index in [4.69, 9.17) is 0 Å². The smallest absolute Gasteiger partial charge is 0.326 e. The summed E-state index contributed by atoms with van der Waals surface area (Å²) in [5, 5.41) is 25.1. The third-order valence-corrected chi connectivity index (χ3v) is 7.01. The Morgan fingerprint density at radius 2 is 1.65 bits per heavy atom. The molecule has 4 N–H and O–H groups in total. The number of likely N-dealkylation sites (tertiary alicyclic amines) is 2. The molecule has 0 radical (unpaired) electrons. The number of rotatable bonds is 7. The predicted octanol–water partition coefficient (Wildman–Crippen LogP) is 0.238. The Morgan fingerprint density at radius 1 is 0.971 bits per heavy atom. The van der Waals surface area contributed by atoms with Gasteiger partial charge in [0.25, 0.3) is 0 Å². The van der Waals surface area contributed by atoms with Gasteiger partial charge in [-0.25, -0.2) is 4.79 Å². The highest BCUT2D eigenvalue weighted by molar-refractivity contribution is 5.95. The first-order chi connectivity index (χ1) is 16.3. The van der Waals surface area contributed by atoms with Crippen molar-refractivity contribution in [3.63, 3.8) is 0 Å². The number of aliphatic carboxylic acids is 1. The van der Waals surface area contributed by atoms with Crippen LogP contribution in [0, 0.1) is 0 Å². The molecule has 3 aliphatic heterocycles. The first kappa shape index (κ1) is 24.0. The van der Waals surface area contributed by atoms with Crippen molar-refractivity contribution in [1.29, 1.82) is 0 Å². The second kappa shape index (κ2) is 10.4. The van der Waals surface area contributed by atoms with Gasteiger partial charge in [-0.3, -0.25) is 14.4 Å². The highest BCUT2D eigenvalue weighted by Crippen LogP contribution is 2.26. The van der Waals surface area contributed by atoms with Crippen LogP contribution in [0.5, 0.6) is 5.75 Å². The molecule has 34 heavy (non-hydrogen) atoms. The van der Waals surface area contributed by atoms with Gasteiger partial charge < -0.3 is 30.6 Å². The van der Waals surface area contributed by atoms with Crippen molar-refractivity contribution in [3.05, 3.63) is 29.8 Å². The van der Waals surface area contributed by atoms with Crippen LogP contribution in [0.2, 0.25) is 0 Å². The number of carboxylic acids is 1. The Hall–Kier alpha value is -3.14. The Labute approximate surface area is 198 Å². The standard InChI is InChI=1S/C24H32N4O6/c29-16-9-7-15(8-10-16)14-18(26-21(30)17-4-1-11-25-17)22(31)27-12-2-5-19(27)23(32)28-13-3-6-20(28)24(33)34/h7-10,17-20,25,29H,1-6,11-14H2,(H,26,30)(H,33,34)/t17-,18-,19-,20-/m0/s1. The number of phenols is 1. The zero-order valence-corrected chi connectivity index (χ0v) is 19.1. The summed E-state index contributed by atoms with van der Waals surface area (Å²) >= 11 is 0. The maximum Gasteiger partial charge on any atom is 0.326 e. The van der Waals surface area contributed by atoms with Crippen molar-refractivity contribution in [3.8, 4) is 5.75 Å². The minimum atomic E-state index is -1.02. The van der Waals surface area contributed by atoms with Crippen LogP contribution in [0.3, 0.4) is 0 Å². The Kier molecular flexibility index (Phi) is 7.35. The van der Waals surface area contributed by atoms with E-state index in [1.807, 2.05) is 0 Å². The van der Waals surface area contributed by atoms with Crippen LogP contribution in [0.15, 0.2) is 24.3 Å². The van der Waals surface area contributed by atoms with Crippen LogP contribution >= 0.6 is 0 Å². The molecule has 3 saturated heterocycles. The number of phenolic OH excluding ortho intramolecular Hbond substituents is 1. The lowest BCUT2D eigenvalue weighted by Crippen LogP contribution is -2.57. The number of aromatic hydroxyl groups is 1. The Bertz CT molecular complexity index is 930. The molecule has 1 aromatic carbocycles. The SMILES string of the molecule is O=C(N[C@@H](Cc1ccc(O)cc1)C(=O)N1CCC[C@H]1C(=O)N1CCC[C@H]1C(=O)O)[C@@H]1CCCN1. The molecule has 10 nitrogen and oxygen atoms in total. The third kappa shape index (κ3) is 5.16. The topological polar surface area (TPSA) is 139 Å². The van der Waals surface area contributed by atoms with E-state index in [-0.39, 0.29) is 35.9 Å². The highest BCUT2D eigenvalue weighted by atomic mass is 16.4. The molecule has 1 aromatic rings. The quantitative estimate of drug-likeness (QED) is 0.446. The van der Waals surface area contributed by atoms with Crippen LogP contribution in [-0.2, 0) is 25.6 Å². The minimum Gasteiger partial charge on any atom is -0.508 e. The summed E-state index contributed by atoms with van der Waals surface area (Å²) in [4.78, 5) is 54.2. The van der Waals surface area contributed by atoms with Gasteiger partial charge in [-0.1, -0.05) is 12.1 Å². The summed E-state index contributed by atoms with van der Waals surface area (Å²) in [6.07, 6.45) is 3.94. The molecule has 3 fully saturated rings. The van der Waals surface area contributed by atoms with Crippen LogP contribution in [-0.4, -0.2) is 87.5 Å². The van der Waals surface area contributed by atoms with E-state index in [0.717, 1.165) is 18.5 Å². The predicted molar refractivity (Wildman–Crippen MR) is 122 cm³/mol. The summed E-state index contributed by atoms with van der Waals surface area (Å²) < 4.78 is 0. The molecule has 0 unspecified atom stereocenters. The van der Waals surface area contributed by atoms with E-state index >= 15 is 0 Å². The molecule has 0 saturated carbocycles. The highest BCUT2D eigenvalue weighted by Gasteiger charge is 2.43. The van der Waals surface area contributed by atoms with Gasteiger partial charge in [0.05, 0.1) is 6.04 Å². The van der Waals surface area contributed by atoms with Gasteiger partial charge in [0.2, 0.25) is 17.7 Å². The molecule has 184 valence electrons. The van der Waals surface area contributed by atoms with Gasteiger partial charge in [-0.05, 0) is 62.8 Å². The van der Waals surface area contributed by atoms with E-state index in [9.17, 15) is 29.4 Å².